The fraction of sp³-hybridized carbons (Fsp3) is 0.600. The van der Waals surface area contributed by atoms with E-state index in [1.165, 1.54) is 12.3 Å². The fourth-order valence-electron chi connectivity index (χ4n) is 3.08. The molecular formula is C15H21N3O3. The van der Waals surface area contributed by atoms with E-state index in [0.29, 0.717) is 19.1 Å². The van der Waals surface area contributed by atoms with Gasteiger partial charge in [-0.3, -0.25) is 14.5 Å². The lowest BCUT2D eigenvalue weighted by molar-refractivity contribution is 0.0185. The minimum absolute atomic E-state index is 0.160. The topological polar surface area (TPSA) is 65.6 Å². The SMILES string of the molecule is Cc1cc(=O)c(C(=O)N2CCC(N3CCOCC3)C2)c[nH]1. The van der Waals surface area contributed by atoms with Crippen LogP contribution in [0.15, 0.2) is 17.1 Å². The summed E-state index contributed by atoms with van der Waals surface area (Å²) in [5.74, 6) is -0.160. The van der Waals surface area contributed by atoms with Gasteiger partial charge in [0.1, 0.15) is 5.56 Å². The summed E-state index contributed by atoms with van der Waals surface area (Å²) in [5, 5.41) is 0. The van der Waals surface area contributed by atoms with Crippen molar-refractivity contribution in [3.8, 4) is 0 Å². The van der Waals surface area contributed by atoms with Crippen LogP contribution in [0, 0.1) is 6.92 Å². The zero-order valence-corrected chi connectivity index (χ0v) is 12.3. The number of pyridine rings is 1. The number of aryl methyl sites for hydroxylation is 1. The van der Waals surface area contributed by atoms with Crippen LogP contribution in [0.3, 0.4) is 0 Å². The van der Waals surface area contributed by atoms with Crippen LogP contribution in [0.4, 0.5) is 0 Å². The van der Waals surface area contributed by atoms with Gasteiger partial charge in [0.2, 0.25) is 0 Å². The van der Waals surface area contributed by atoms with Crippen LogP contribution in [0.5, 0.6) is 0 Å². The van der Waals surface area contributed by atoms with Crippen molar-refractivity contribution in [2.24, 2.45) is 0 Å². The summed E-state index contributed by atoms with van der Waals surface area (Å²) < 4.78 is 5.36. The summed E-state index contributed by atoms with van der Waals surface area (Å²) in [6.45, 7) is 6.61. The van der Waals surface area contributed by atoms with Crippen LogP contribution in [0.2, 0.25) is 0 Å². The van der Waals surface area contributed by atoms with Gasteiger partial charge in [0.25, 0.3) is 5.91 Å². The number of H-pyrrole nitrogens is 1. The minimum Gasteiger partial charge on any atom is -0.379 e. The Morgan fingerprint density at radius 3 is 2.81 bits per heavy atom. The molecule has 3 heterocycles. The van der Waals surface area contributed by atoms with Crippen molar-refractivity contribution in [2.75, 3.05) is 39.4 Å². The number of likely N-dealkylation sites (tertiary alicyclic amines) is 1. The van der Waals surface area contributed by atoms with Crippen molar-refractivity contribution in [2.45, 2.75) is 19.4 Å². The summed E-state index contributed by atoms with van der Waals surface area (Å²) in [4.78, 5) is 31.5. The molecule has 1 aromatic rings. The second-order valence-corrected chi connectivity index (χ2v) is 5.74. The quantitative estimate of drug-likeness (QED) is 0.847. The van der Waals surface area contributed by atoms with Gasteiger partial charge in [-0.05, 0) is 13.3 Å². The molecule has 3 rings (SSSR count). The number of nitrogens with one attached hydrogen (secondary N) is 1. The molecule has 1 unspecified atom stereocenters. The number of rotatable bonds is 2. The van der Waals surface area contributed by atoms with Crippen molar-refractivity contribution in [3.05, 3.63) is 33.7 Å². The molecule has 1 aromatic heterocycles. The molecule has 2 aliphatic heterocycles. The van der Waals surface area contributed by atoms with Gasteiger partial charge in [0, 0.05) is 50.2 Å². The van der Waals surface area contributed by atoms with Gasteiger partial charge >= 0.3 is 0 Å². The van der Waals surface area contributed by atoms with Crippen LogP contribution in [0.1, 0.15) is 22.5 Å². The number of aromatic amines is 1. The normalized spacial score (nSPS) is 23.5. The number of ether oxygens (including phenoxy) is 1. The number of carbonyl (C=O) groups excluding carboxylic acids is 1. The van der Waals surface area contributed by atoms with Gasteiger partial charge in [0.15, 0.2) is 5.43 Å². The number of morpholine rings is 1. The molecule has 0 spiro atoms. The van der Waals surface area contributed by atoms with Crippen LogP contribution < -0.4 is 5.43 Å². The smallest absolute Gasteiger partial charge is 0.259 e. The Balaban J connectivity index is 1.67. The van der Waals surface area contributed by atoms with E-state index < -0.39 is 0 Å². The van der Waals surface area contributed by atoms with Gasteiger partial charge in [-0.15, -0.1) is 0 Å². The Bertz CT molecular complexity index is 578. The highest BCUT2D eigenvalue weighted by molar-refractivity contribution is 5.94. The molecule has 6 nitrogen and oxygen atoms in total. The average molecular weight is 291 g/mol. The van der Waals surface area contributed by atoms with E-state index in [4.69, 9.17) is 4.74 Å². The molecule has 21 heavy (non-hydrogen) atoms. The van der Waals surface area contributed by atoms with Crippen molar-refractivity contribution in [1.29, 1.82) is 0 Å². The first-order valence-electron chi connectivity index (χ1n) is 7.45. The van der Waals surface area contributed by atoms with E-state index in [1.54, 1.807) is 11.8 Å². The number of hydrogen-bond acceptors (Lipinski definition) is 4. The molecule has 6 heteroatoms. The lowest BCUT2D eigenvalue weighted by Gasteiger charge is -2.32. The first kappa shape index (κ1) is 14.3. The Morgan fingerprint density at radius 2 is 2.10 bits per heavy atom. The molecule has 0 bridgehead atoms. The lowest BCUT2D eigenvalue weighted by atomic mass is 10.2. The number of carbonyl (C=O) groups is 1. The maximum atomic E-state index is 12.5. The third-order valence-electron chi connectivity index (χ3n) is 4.30. The number of aromatic nitrogens is 1. The number of nitrogens with zero attached hydrogens (tertiary/aromatic N) is 2. The maximum Gasteiger partial charge on any atom is 0.259 e. The average Bonchev–Trinajstić information content (AvgIpc) is 2.97. The van der Waals surface area contributed by atoms with Crippen molar-refractivity contribution >= 4 is 5.91 Å². The van der Waals surface area contributed by atoms with Crippen LogP contribution >= 0.6 is 0 Å². The van der Waals surface area contributed by atoms with Gasteiger partial charge in [-0.1, -0.05) is 0 Å². The number of hydrogen-bond donors (Lipinski definition) is 1. The monoisotopic (exact) mass is 291 g/mol. The third kappa shape index (κ3) is 3.01. The van der Waals surface area contributed by atoms with Crippen LogP contribution in [-0.4, -0.2) is 66.1 Å². The van der Waals surface area contributed by atoms with E-state index >= 15 is 0 Å². The predicted octanol–water partition coefficient (Wildman–Crippen LogP) is 0.230. The molecular weight excluding hydrogens is 270 g/mol. The molecule has 1 N–H and O–H groups in total. The molecule has 114 valence electrons. The van der Waals surface area contributed by atoms with Gasteiger partial charge < -0.3 is 14.6 Å². The fourth-order valence-corrected chi connectivity index (χ4v) is 3.08. The first-order valence-corrected chi connectivity index (χ1v) is 7.45. The molecule has 0 aromatic carbocycles. The third-order valence-corrected chi connectivity index (χ3v) is 4.30. The summed E-state index contributed by atoms with van der Waals surface area (Å²) in [6.07, 6.45) is 2.50. The summed E-state index contributed by atoms with van der Waals surface area (Å²) in [5.41, 5.74) is 0.804. The lowest BCUT2D eigenvalue weighted by Crippen LogP contribution is -2.45. The minimum atomic E-state index is -0.203. The largest absolute Gasteiger partial charge is 0.379 e. The second kappa shape index (κ2) is 5.99. The predicted molar refractivity (Wildman–Crippen MR) is 78.5 cm³/mol. The molecule has 0 saturated carbocycles. The molecule has 0 aliphatic carbocycles. The van der Waals surface area contributed by atoms with Crippen LogP contribution in [-0.2, 0) is 4.74 Å². The van der Waals surface area contributed by atoms with Crippen molar-refractivity contribution < 1.29 is 9.53 Å². The molecule has 2 saturated heterocycles. The molecule has 2 aliphatic rings. The maximum absolute atomic E-state index is 12.5. The Labute approximate surface area is 123 Å². The van der Waals surface area contributed by atoms with Gasteiger partial charge in [-0.2, -0.15) is 0 Å². The van der Waals surface area contributed by atoms with E-state index in [2.05, 4.69) is 9.88 Å². The van der Waals surface area contributed by atoms with E-state index in [0.717, 1.165) is 38.4 Å². The van der Waals surface area contributed by atoms with E-state index in [9.17, 15) is 9.59 Å². The Hall–Kier alpha value is -1.66. The van der Waals surface area contributed by atoms with Crippen molar-refractivity contribution in [3.63, 3.8) is 0 Å². The van der Waals surface area contributed by atoms with Gasteiger partial charge in [0.05, 0.1) is 13.2 Å². The first-order chi connectivity index (χ1) is 10.1. The molecule has 0 radical (unpaired) electrons. The second-order valence-electron chi connectivity index (χ2n) is 5.74. The summed E-state index contributed by atoms with van der Waals surface area (Å²) in [7, 11) is 0. The zero-order valence-electron chi connectivity index (χ0n) is 12.3. The molecule has 1 atom stereocenters. The summed E-state index contributed by atoms with van der Waals surface area (Å²) in [6, 6.07) is 1.87. The van der Waals surface area contributed by atoms with Gasteiger partial charge in [-0.25, -0.2) is 0 Å². The van der Waals surface area contributed by atoms with Crippen molar-refractivity contribution in [1.82, 2.24) is 14.8 Å². The highest BCUT2D eigenvalue weighted by Crippen LogP contribution is 2.18. The molecule has 2 fully saturated rings. The van der Waals surface area contributed by atoms with E-state index in [-0.39, 0.29) is 16.9 Å². The highest BCUT2D eigenvalue weighted by Gasteiger charge is 2.32. The highest BCUT2D eigenvalue weighted by atomic mass is 16.5. The zero-order chi connectivity index (χ0) is 14.8. The molecule has 1 amide bonds. The van der Waals surface area contributed by atoms with Crippen LogP contribution in [0.25, 0.3) is 0 Å². The summed E-state index contributed by atoms with van der Waals surface area (Å²) >= 11 is 0. The Morgan fingerprint density at radius 1 is 1.33 bits per heavy atom. The number of amides is 1. The standard InChI is InChI=1S/C15H21N3O3/c1-11-8-14(19)13(9-16-11)15(20)18-3-2-12(10-18)17-4-6-21-7-5-17/h8-9,12H,2-7,10H2,1H3,(H,16,19). The Kier molecular flexibility index (Phi) is 4.07. The van der Waals surface area contributed by atoms with E-state index in [1.807, 2.05) is 0 Å².